The van der Waals surface area contributed by atoms with Gasteiger partial charge in [-0.25, -0.2) is 4.98 Å². The second kappa shape index (κ2) is 3.89. The zero-order chi connectivity index (χ0) is 10.9. The van der Waals surface area contributed by atoms with Gasteiger partial charge in [-0.2, -0.15) is 0 Å². The summed E-state index contributed by atoms with van der Waals surface area (Å²) >= 11 is 5.82. The summed E-state index contributed by atoms with van der Waals surface area (Å²) in [6.07, 6.45) is 3.91. The molecule has 15 heavy (non-hydrogen) atoms. The lowest BCUT2D eigenvalue weighted by atomic mass is 9.70. The fraction of sp³-hybridized carbons (Fsp3) is 0.545. The van der Waals surface area contributed by atoms with E-state index in [1.54, 1.807) is 6.07 Å². The third-order valence-corrected chi connectivity index (χ3v) is 3.27. The Balaban J connectivity index is 1.98. The molecule has 2 rings (SSSR count). The van der Waals surface area contributed by atoms with Crippen LogP contribution in [0.4, 0.5) is 11.5 Å². The number of nitrogens with one attached hydrogen (secondary N) is 1. The smallest absolute Gasteiger partial charge is 0.133 e. The van der Waals surface area contributed by atoms with Crippen LogP contribution in [0.3, 0.4) is 0 Å². The van der Waals surface area contributed by atoms with Gasteiger partial charge in [-0.3, -0.25) is 0 Å². The summed E-state index contributed by atoms with van der Waals surface area (Å²) in [5, 5.41) is 3.73. The number of nitrogens with zero attached hydrogens (tertiary/aromatic N) is 1. The van der Waals surface area contributed by atoms with Crippen LogP contribution in [0.15, 0.2) is 12.1 Å². The van der Waals surface area contributed by atoms with Crippen molar-refractivity contribution in [3.63, 3.8) is 0 Å². The highest BCUT2D eigenvalue weighted by Crippen LogP contribution is 2.40. The first-order valence-corrected chi connectivity index (χ1v) is 5.62. The molecule has 1 aromatic heterocycles. The maximum Gasteiger partial charge on any atom is 0.133 e. The summed E-state index contributed by atoms with van der Waals surface area (Å²) in [5.41, 5.74) is 6.76. The molecule has 0 bridgehead atoms. The summed E-state index contributed by atoms with van der Waals surface area (Å²) in [7, 11) is 0. The lowest BCUT2D eigenvalue weighted by molar-refractivity contribution is 0.180. The standard InChI is InChI=1S/C11H16ClN3/c1-11(3-2-4-11)7-14-10-6-8(13)5-9(12)15-10/h5-6H,2-4,7H2,1H3,(H3,13,14,15). The van der Waals surface area contributed by atoms with Crippen molar-refractivity contribution in [2.24, 2.45) is 5.41 Å². The second-order valence-corrected chi connectivity index (χ2v) is 5.01. The van der Waals surface area contributed by atoms with Gasteiger partial charge < -0.3 is 11.1 Å². The number of rotatable bonds is 3. The number of pyridine rings is 1. The first-order valence-electron chi connectivity index (χ1n) is 5.24. The second-order valence-electron chi connectivity index (χ2n) is 4.63. The Labute approximate surface area is 95.0 Å². The van der Waals surface area contributed by atoms with E-state index in [0.717, 1.165) is 12.4 Å². The van der Waals surface area contributed by atoms with Crippen LogP contribution in [0.25, 0.3) is 0 Å². The minimum Gasteiger partial charge on any atom is -0.399 e. The number of anilines is 2. The van der Waals surface area contributed by atoms with E-state index in [9.17, 15) is 0 Å². The number of nitrogen functional groups attached to an aromatic ring is 1. The van der Waals surface area contributed by atoms with Gasteiger partial charge in [0, 0.05) is 18.3 Å². The van der Waals surface area contributed by atoms with E-state index in [1.807, 2.05) is 6.07 Å². The van der Waals surface area contributed by atoms with Crippen molar-refractivity contribution in [1.82, 2.24) is 4.98 Å². The molecule has 1 aliphatic carbocycles. The summed E-state index contributed by atoms with van der Waals surface area (Å²) in [6.45, 7) is 3.23. The molecule has 1 aromatic rings. The maximum atomic E-state index is 5.82. The topological polar surface area (TPSA) is 50.9 Å². The van der Waals surface area contributed by atoms with Crippen LogP contribution in [0.2, 0.25) is 5.15 Å². The summed E-state index contributed by atoms with van der Waals surface area (Å²) in [4.78, 5) is 4.17. The van der Waals surface area contributed by atoms with E-state index >= 15 is 0 Å². The monoisotopic (exact) mass is 225 g/mol. The van der Waals surface area contributed by atoms with E-state index in [1.165, 1.54) is 19.3 Å². The predicted octanol–water partition coefficient (Wildman–Crippen LogP) is 2.92. The van der Waals surface area contributed by atoms with E-state index in [0.29, 0.717) is 16.3 Å². The van der Waals surface area contributed by atoms with Crippen LogP contribution in [-0.2, 0) is 0 Å². The molecule has 0 radical (unpaired) electrons. The van der Waals surface area contributed by atoms with E-state index in [2.05, 4.69) is 17.2 Å². The highest BCUT2D eigenvalue weighted by atomic mass is 35.5. The van der Waals surface area contributed by atoms with Crippen LogP contribution in [0.5, 0.6) is 0 Å². The van der Waals surface area contributed by atoms with Crippen LogP contribution < -0.4 is 11.1 Å². The molecule has 0 unspecified atom stereocenters. The number of hydrogen-bond acceptors (Lipinski definition) is 3. The summed E-state index contributed by atoms with van der Waals surface area (Å²) in [6, 6.07) is 3.46. The Morgan fingerprint density at radius 2 is 2.27 bits per heavy atom. The molecule has 0 aromatic carbocycles. The quantitative estimate of drug-likeness (QED) is 0.778. The predicted molar refractivity (Wildman–Crippen MR) is 64.1 cm³/mol. The zero-order valence-electron chi connectivity index (χ0n) is 8.89. The third-order valence-electron chi connectivity index (χ3n) is 3.07. The molecular formula is C11H16ClN3. The van der Waals surface area contributed by atoms with E-state index in [-0.39, 0.29) is 0 Å². The Morgan fingerprint density at radius 1 is 1.53 bits per heavy atom. The Bertz CT molecular complexity index is 341. The molecule has 1 heterocycles. The molecule has 0 aliphatic heterocycles. The summed E-state index contributed by atoms with van der Waals surface area (Å²) in [5.74, 6) is 0.771. The molecule has 0 atom stereocenters. The van der Waals surface area contributed by atoms with Crippen molar-refractivity contribution >= 4 is 23.1 Å². The van der Waals surface area contributed by atoms with E-state index in [4.69, 9.17) is 17.3 Å². The van der Waals surface area contributed by atoms with Crippen molar-refractivity contribution in [2.45, 2.75) is 26.2 Å². The molecule has 1 fully saturated rings. The lowest BCUT2D eigenvalue weighted by Crippen LogP contribution is -2.33. The lowest BCUT2D eigenvalue weighted by Gasteiger charge is -2.38. The third kappa shape index (κ3) is 2.53. The molecule has 0 amide bonds. The number of nitrogens with two attached hydrogens (primary N) is 1. The van der Waals surface area contributed by atoms with Crippen LogP contribution in [0, 0.1) is 5.41 Å². The molecule has 1 aliphatic rings. The molecule has 0 spiro atoms. The highest BCUT2D eigenvalue weighted by Gasteiger charge is 2.31. The van der Waals surface area contributed by atoms with Crippen LogP contribution >= 0.6 is 11.6 Å². The zero-order valence-corrected chi connectivity index (χ0v) is 9.64. The first kappa shape index (κ1) is 10.6. The minimum absolute atomic E-state index is 0.429. The molecule has 0 saturated heterocycles. The Hall–Kier alpha value is -0.960. The van der Waals surface area contributed by atoms with Gasteiger partial charge in [0.15, 0.2) is 0 Å². The van der Waals surface area contributed by atoms with Gasteiger partial charge in [0.1, 0.15) is 11.0 Å². The normalized spacial score (nSPS) is 18.3. The van der Waals surface area contributed by atoms with Gasteiger partial charge in [0.25, 0.3) is 0 Å². The number of halogens is 1. The number of aromatic nitrogens is 1. The average Bonchev–Trinajstić information content (AvgIpc) is 2.10. The fourth-order valence-corrected chi connectivity index (χ4v) is 2.09. The molecular weight excluding hydrogens is 210 g/mol. The van der Waals surface area contributed by atoms with Gasteiger partial charge in [0.05, 0.1) is 0 Å². The largest absolute Gasteiger partial charge is 0.399 e. The van der Waals surface area contributed by atoms with Crippen LogP contribution in [0.1, 0.15) is 26.2 Å². The summed E-state index contributed by atoms with van der Waals surface area (Å²) < 4.78 is 0. The molecule has 4 heteroatoms. The minimum atomic E-state index is 0.429. The Kier molecular flexibility index (Phi) is 2.74. The van der Waals surface area contributed by atoms with E-state index < -0.39 is 0 Å². The van der Waals surface area contributed by atoms with Gasteiger partial charge in [0.2, 0.25) is 0 Å². The number of hydrogen-bond donors (Lipinski definition) is 2. The van der Waals surface area contributed by atoms with Gasteiger partial charge in [-0.05, 0) is 24.3 Å². The molecule has 3 nitrogen and oxygen atoms in total. The fourth-order valence-electron chi connectivity index (χ4n) is 1.87. The van der Waals surface area contributed by atoms with Crippen molar-refractivity contribution in [3.05, 3.63) is 17.3 Å². The molecule has 82 valence electrons. The van der Waals surface area contributed by atoms with Crippen LogP contribution in [-0.4, -0.2) is 11.5 Å². The van der Waals surface area contributed by atoms with Crippen molar-refractivity contribution in [3.8, 4) is 0 Å². The van der Waals surface area contributed by atoms with Crippen molar-refractivity contribution in [2.75, 3.05) is 17.6 Å². The highest BCUT2D eigenvalue weighted by molar-refractivity contribution is 6.29. The van der Waals surface area contributed by atoms with Gasteiger partial charge in [-0.15, -0.1) is 0 Å². The van der Waals surface area contributed by atoms with Gasteiger partial charge >= 0.3 is 0 Å². The van der Waals surface area contributed by atoms with Crippen molar-refractivity contribution < 1.29 is 0 Å². The van der Waals surface area contributed by atoms with Gasteiger partial charge in [-0.1, -0.05) is 24.9 Å². The molecule has 1 saturated carbocycles. The SMILES string of the molecule is CC1(CNc2cc(N)cc(Cl)n2)CCC1. The first-order chi connectivity index (χ1) is 7.07. The van der Waals surface area contributed by atoms with Crippen molar-refractivity contribution in [1.29, 1.82) is 0 Å². The average molecular weight is 226 g/mol. The Morgan fingerprint density at radius 3 is 2.80 bits per heavy atom. The molecule has 3 N–H and O–H groups in total. The maximum absolute atomic E-state index is 5.82.